The highest BCUT2D eigenvalue weighted by Crippen LogP contribution is 2.36. The topological polar surface area (TPSA) is 20.2 Å². The van der Waals surface area contributed by atoms with Crippen molar-refractivity contribution in [3.63, 3.8) is 0 Å². The summed E-state index contributed by atoms with van der Waals surface area (Å²) in [6.07, 6.45) is 3.25. The van der Waals surface area contributed by atoms with E-state index in [0.29, 0.717) is 0 Å². The van der Waals surface area contributed by atoms with Crippen LogP contribution in [0.3, 0.4) is 0 Å². The summed E-state index contributed by atoms with van der Waals surface area (Å²) in [6, 6.07) is 3.36. The van der Waals surface area contributed by atoms with Gasteiger partial charge in [0.25, 0.3) is 0 Å². The lowest BCUT2D eigenvalue weighted by Crippen LogP contribution is -2.10. The van der Waals surface area contributed by atoms with Crippen molar-refractivity contribution in [2.45, 2.75) is 31.8 Å². The van der Waals surface area contributed by atoms with Gasteiger partial charge < -0.3 is 5.11 Å². The number of hydrogen-bond acceptors (Lipinski definition) is 1. The van der Waals surface area contributed by atoms with Gasteiger partial charge in [0.1, 0.15) is 11.6 Å². The maximum atomic E-state index is 13.4. The van der Waals surface area contributed by atoms with Gasteiger partial charge in [0.05, 0.1) is 6.10 Å². The Labute approximate surface area is 87.7 Å². The average molecular weight is 212 g/mol. The molecule has 0 heterocycles. The number of rotatable bonds is 2. The zero-order valence-electron chi connectivity index (χ0n) is 8.42. The SMILES string of the molecule is OC(c1ccc(F)cc1F)C1CCCC1. The largest absolute Gasteiger partial charge is 0.388 e. The quantitative estimate of drug-likeness (QED) is 0.798. The summed E-state index contributed by atoms with van der Waals surface area (Å²) in [4.78, 5) is 0. The summed E-state index contributed by atoms with van der Waals surface area (Å²) in [5, 5.41) is 9.93. The van der Waals surface area contributed by atoms with Crippen LogP contribution in [0.4, 0.5) is 8.78 Å². The van der Waals surface area contributed by atoms with Gasteiger partial charge in [0, 0.05) is 11.6 Å². The van der Waals surface area contributed by atoms with Gasteiger partial charge in [0.2, 0.25) is 0 Å². The van der Waals surface area contributed by atoms with E-state index in [1.54, 1.807) is 0 Å². The molecule has 0 saturated heterocycles. The first-order valence-electron chi connectivity index (χ1n) is 5.31. The number of aliphatic hydroxyl groups excluding tert-OH is 1. The Morgan fingerprint density at radius 1 is 1.20 bits per heavy atom. The molecule has 0 bridgehead atoms. The van der Waals surface area contributed by atoms with Gasteiger partial charge in [-0.25, -0.2) is 8.78 Å². The van der Waals surface area contributed by atoms with E-state index in [0.717, 1.165) is 31.7 Å². The Balaban J connectivity index is 2.20. The molecule has 1 aliphatic carbocycles. The standard InChI is InChI=1S/C12H14F2O/c13-9-5-6-10(11(14)7-9)12(15)8-3-1-2-4-8/h5-8,12,15H,1-4H2. The molecule has 0 aromatic heterocycles. The summed E-state index contributed by atoms with van der Waals surface area (Å²) in [7, 11) is 0. The first-order valence-corrected chi connectivity index (χ1v) is 5.31. The van der Waals surface area contributed by atoms with Crippen LogP contribution in [0.15, 0.2) is 18.2 Å². The highest BCUT2D eigenvalue weighted by Gasteiger charge is 2.26. The van der Waals surface area contributed by atoms with Crippen molar-refractivity contribution in [2.24, 2.45) is 5.92 Å². The highest BCUT2D eigenvalue weighted by atomic mass is 19.1. The molecule has 82 valence electrons. The Bertz CT molecular complexity index is 345. The van der Waals surface area contributed by atoms with Crippen LogP contribution in [-0.2, 0) is 0 Å². The second-order valence-corrected chi connectivity index (χ2v) is 4.16. The molecule has 1 aliphatic rings. The summed E-state index contributed by atoms with van der Waals surface area (Å²) in [6.45, 7) is 0. The van der Waals surface area contributed by atoms with E-state index in [1.165, 1.54) is 12.1 Å². The van der Waals surface area contributed by atoms with E-state index in [2.05, 4.69) is 0 Å². The van der Waals surface area contributed by atoms with Gasteiger partial charge in [-0.2, -0.15) is 0 Å². The molecule has 0 spiro atoms. The average Bonchev–Trinajstić information content (AvgIpc) is 2.69. The third-order valence-electron chi connectivity index (χ3n) is 3.13. The van der Waals surface area contributed by atoms with Crippen LogP contribution in [-0.4, -0.2) is 5.11 Å². The fourth-order valence-electron chi connectivity index (χ4n) is 2.27. The van der Waals surface area contributed by atoms with Crippen LogP contribution in [0.5, 0.6) is 0 Å². The Kier molecular flexibility index (Phi) is 3.00. The lowest BCUT2D eigenvalue weighted by molar-refractivity contribution is 0.108. The third kappa shape index (κ3) is 2.17. The monoisotopic (exact) mass is 212 g/mol. The Morgan fingerprint density at radius 2 is 1.87 bits per heavy atom. The van der Waals surface area contributed by atoms with E-state index in [1.807, 2.05) is 0 Å². The van der Waals surface area contributed by atoms with Gasteiger partial charge in [0.15, 0.2) is 0 Å². The molecule has 0 aliphatic heterocycles. The molecule has 1 atom stereocenters. The number of halogens is 2. The minimum atomic E-state index is -0.784. The molecule has 1 nitrogen and oxygen atoms in total. The molecular weight excluding hydrogens is 198 g/mol. The van der Waals surface area contributed by atoms with Gasteiger partial charge in [-0.15, -0.1) is 0 Å². The van der Waals surface area contributed by atoms with Gasteiger partial charge >= 0.3 is 0 Å². The predicted molar refractivity (Wildman–Crippen MR) is 53.3 cm³/mol. The summed E-state index contributed by atoms with van der Waals surface area (Å²) < 4.78 is 26.0. The molecule has 3 heteroatoms. The maximum Gasteiger partial charge on any atom is 0.131 e. The smallest absolute Gasteiger partial charge is 0.131 e. The molecule has 0 amide bonds. The van der Waals surface area contributed by atoms with Gasteiger partial charge in [-0.05, 0) is 24.8 Å². The summed E-state index contributed by atoms with van der Waals surface area (Å²) in [5.41, 5.74) is 0.225. The molecule has 1 aromatic carbocycles. The number of hydrogen-bond donors (Lipinski definition) is 1. The van der Waals surface area contributed by atoms with Crippen molar-refractivity contribution in [1.82, 2.24) is 0 Å². The van der Waals surface area contributed by atoms with Crippen molar-refractivity contribution in [3.05, 3.63) is 35.4 Å². The molecule has 2 rings (SSSR count). The summed E-state index contributed by atoms with van der Waals surface area (Å²) in [5.74, 6) is -1.12. The van der Waals surface area contributed by atoms with E-state index >= 15 is 0 Å². The van der Waals surface area contributed by atoms with Crippen molar-refractivity contribution in [2.75, 3.05) is 0 Å². The lowest BCUT2D eigenvalue weighted by Gasteiger charge is -2.18. The van der Waals surface area contributed by atoms with Crippen LogP contribution < -0.4 is 0 Å². The zero-order valence-corrected chi connectivity index (χ0v) is 8.42. The molecule has 1 aromatic rings. The molecule has 1 N–H and O–H groups in total. The second kappa shape index (κ2) is 4.27. The number of aliphatic hydroxyl groups is 1. The third-order valence-corrected chi connectivity index (χ3v) is 3.13. The molecule has 15 heavy (non-hydrogen) atoms. The fraction of sp³-hybridized carbons (Fsp3) is 0.500. The van der Waals surface area contributed by atoms with Crippen molar-refractivity contribution in [3.8, 4) is 0 Å². The zero-order chi connectivity index (χ0) is 10.8. The maximum absolute atomic E-state index is 13.4. The van der Waals surface area contributed by atoms with E-state index in [-0.39, 0.29) is 11.5 Å². The first kappa shape index (κ1) is 10.6. The molecular formula is C12H14F2O. The van der Waals surface area contributed by atoms with Crippen molar-refractivity contribution in [1.29, 1.82) is 0 Å². The van der Waals surface area contributed by atoms with E-state index in [9.17, 15) is 13.9 Å². The Morgan fingerprint density at radius 3 is 2.47 bits per heavy atom. The molecule has 0 radical (unpaired) electrons. The van der Waals surface area contributed by atoms with Crippen LogP contribution in [0.1, 0.15) is 37.4 Å². The van der Waals surface area contributed by atoms with Crippen LogP contribution in [0.2, 0.25) is 0 Å². The number of benzene rings is 1. The van der Waals surface area contributed by atoms with Gasteiger partial charge in [-0.3, -0.25) is 0 Å². The minimum absolute atomic E-state index is 0.130. The van der Waals surface area contributed by atoms with Gasteiger partial charge in [-0.1, -0.05) is 18.9 Å². The molecule has 1 saturated carbocycles. The highest BCUT2D eigenvalue weighted by molar-refractivity contribution is 5.21. The Hall–Kier alpha value is -0.960. The second-order valence-electron chi connectivity index (χ2n) is 4.16. The van der Waals surface area contributed by atoms with Crippen molar-refractivity contribution < 1.29 is 13.9 Å². The van der Waals surface area contributed by atoms with Crippen LogP contribution in [0.25, 0.3) is 0 Å². The predicted octanol–water partition coefficient (Wildman–Crippen LogP) is 3.19. The van der Waals surface area contributed by atoms with Crippen LogP contribution >= 0.6 is 0 Å². The normalized spacial score (nSPS) is 19.4. The minimum Gasteiger partial charge on any atom is -0.388 e. The van der Waals surface area contributed by atoms with E-state index < -0.39 is 17.7 Å². The van der Waals surface area contributed by atoms with E-state index in [4.69, 9.17) is 0 Å². The molecule has 1 fully saturated rings. The molecule has 1 unspecified atom stereocenters. The fourth-order valence-corrected chi connectivity index (χ4v) is 2.27. The lowest BCUT2D eigenvalue weighted by atomic mass is 9.94. The van der Waals surface area contributed by atoms with Crippen LogP contribution in [0, 0.1) is 17.6 Å². The van der Waals surface area contributed by atoms with Crippen molar-refractivity contribution >= 4 is 0 Å². The first-order chi connectivity index (χ1) is 7.18. The summed E-state index contributed by atoms with van der Waals surface area (Å²) >= 11 is 0.